The maximum absolute atomic E-state index is 12.6. The zero-order valence-electron chi connectivity index (χ0n) is 15.4. The largest absolute Gasteiger partial charge is 0.337 e. The van der Waals surface area contributed by atoms with E-state index in [2.05, 4.69) is 9.94 Å². The molecule has 2 aromatic carbocycles. The first-order chi connectivity index (χ1) is 13.4. The Morgan fingerprint density at radius 2 is 1.82 bits per heavy atom. The molecule has 3 rings (SSSR count). The first-order valence-corrected chi connectivity index (χ1v) is 9.88. The van der Waals surface area contributed by atoms with Crippen molar-refractivity contribution < 1.29 is 18.0 Å². The lowest BCUT2D eigenvalue weighted by Gasteiger charge is -2.16. The normalized spacial score (nSPS) is 11.4. The van der Waals surface area contributed by atoms with Crippen LogP contribution in [0.4, 0.5) is 0 Å². The van der Waals surface area contributed by atoms with Crippen LogP contribution in [-0.2, 0) is 21.4 Å². The topological polar surface area (TPSA) is 93.5 Å². The van der Waals surface area contributed by atoms with Gasteiger partial charge in [-0.15, -0.1) is 0 Å². The summed E-state index contributed by atoms with van der Waals surface area (Å²) < 4.78 is 25.5. The van der Waals surface area contributed by atoms with Gasteiger partial charge in [0.1, 0.15) is 0 Å². The number of benzene rings is 2. The average Bonchev–Trinajstić information content (AvgIpc) is 3.16. The number of hydrogen-bond donors (Lipinski definition) is 1. The van der Waals surface area contributed by atoms with E-state index in [1.807, 2.05) is 41.4 Å². The summed E-state index contributed by atoms with van der Waals surface area (Å²) in [5, 5.41) is 4.32. The van der Waals surface area contributed by atoms with Gasteiger partial charge in [-0.2, -0.15) is 5.10 Å². The van der Waals surface area contributed by atoms with E-state index >= 15 is 0 Å². The molecule has 0 bridgehead atoms. The number of sulfonamides is 1. The molecule has 0 aliphatic carbocycles. The van der Waals surface area contributed by atoms with Crippen LogP contribution < -0.4 is 4.89 Å². The van der Waals surface area contributed by atoms with Crippen molar-refractivity contribution in [3.63, 3.8) is 0 Å². The van der Waals surface area contributed by atoms with E-state index in [0.29, 0.717) is 12.1 Å². The van der Waals surface area contributed by atoms with Gasteiger partial charge in [0.2, 0.25) is 0 Å². The van der Waals surface area contributed by atoms with Crippen LogP contribution in [0, 0.1) is 0 Å². The molecule has 1 heterocycles. The summed E-state index contributed by atoms with van der Waals surface area (Å²) in [6.07, 6.45) is 3.58. The zero-order chi connectivity index (χ0) is 20.1. The second-order valence-corrected chi connectivity index (χ2v) is 7.75. The monoisotopic (exact) mass is 400 g/mol. The van der Waals surface area contributed by atoms with Crippen molar-refractivity contribution in [2.75, 3.05) is 14.2 Å². The molecule has 0 radical (unpaired) electrons. The zero-order valence-corrected chi connectivity index (χ0v) is 16.3. The molecule has 0 saturated carbocycles. The number of aromatic nitrogens is 2. The van der Waals surface area contributed by atoms with Crippen molar-refractivity contribution in [2.24, 2.45) is 0 Å². The van der Waals surface area contributed by atoms with Gasteiger partial charge in [0.25, 0.3) is 15.9 Å². The predicted molar refractivity (Wildman–Crippen MR) is 103 cm³/mol. The fourth-order valence-electron chi connectivity index (χ4n) is 2.66. The lowest BCUT2D eigenvalue weighted by molar-refractivity contribution is 0.0785. The van der Waals surface area contributed by atoms with Crippen molar-refractivity contribution in [3.05, 3.63) is 78.1 Å². The molecular weight excluding hydrogens is 380 g/mol. The van der Waals surface area contributed by atoms with Crippen molar-refractivity contribution >= 4 is 15.9 Å². The second kappa shape index (κ2) is 8.34. The third kappa shape index (κ3) is 4.45. The van der Waals surface area contributed by atoms with Crippen LogP contribution in [0.3, 0.4) is 0 Å². The standard InChI is InChI=1S/C19H20N4O4S/c1-22(13-15-12-20-23(14-15)17-6-4-3-5-7-17)19(24)16-8-10-18(11-9-16)28(25,26)21-27-2/h3-12,14,21H,13H2,1-2H3. The van der Waals surface area contributed by atoms with Crippen LogP contribution in [0.2, 0.25) is 0 Å². The number of amides is 1. The molecule has 1 amide bonds. The van der Waals surface area contributed by atoms with Crippen LogP contribution in [0.1, 0.15) is 15.9 Å². The minimum atomic E-state index is -3.75. The molecule has 146 valence electrons. The summed E-state index contributed by atoms with van der Waals surface area (Å²) >= 11 is 0. The minimum absolute atomic E-state index is 0.0118. The summed E-state index contributed by atoms with van der Waals surface area (Å²) in [6, 6.07) is 15.3. The van der Waals surface area contributed by atoms with Gasteiger partial charge in [-0.05, 0) is 36.4 Å². The van der Waals surface area contributed by atoms with E-state index in [1.54, 1.807) is 22.8 Å². The molecule has 1 aromatic heterocycles. The molecule has 28 heavy (non-hydrogen) atoms. The molecule has 0 saturated heterocycles. The number of para-hydroxylation sites is 1. The van der Waals surface area contributed by atoms with Gasteiger partial charge in [0.05, 0.1) is 23.9 Å². The smallest absolute Gasteiger partial charge is 0.262 e. The lowest BCUT2D eigenvalue weighted by atomic mass is 10.2. The van der Waals surface area contributed by atoms with E-state index in [4.69, 9.17) is 0 Å². The van der Waals surface area contributed by atoms with Gasteiger partial charge < -0.3 is 4.90 Å². The van der Waals surface area contributed by atoms with Gasteiger partial charge in [-0.25, -0.2) is 13.1 Å². The maximum atomic E-state index is 12.6. The van der Waals surface area contributed by atoms with Crippen LogP contribution >= 0.6 is 0 Å². The molecular formula is C19H20N4O4S. The van der Waals surface area contributed by atoms with E-state index in [-0.39, 0.29) is 10.8 Å². The van der Waals surface area contributed by atoms with Crippen LogP contribution in [0.5, 0.6) is 0 Å². The fraction of sp³-hybridized carbons (Fsp3) is 0.158. The predicted octanol–water partition coefficient (Wildman–Crippen LogP) is 1.98. The second-order valence-electron chi connectivity index (χ2n) is 6.11. The van der Waals surface area contributed by atoms with Gasteiger partial charge in [0, 0.05) is 30.9 Å². The highest BCUT2D eigenvalue weighted by atomic mass is 32.2. The van der Waals surface area contributed by atoms with Crippen molar-refractivity contribution in [3.8, 4) is 5.69 Å². The van der Waals surface area contributed by atoms with Crippen LogP contribution in [-0.4, -0.2) is 43.2 Å². The molecule has 8 nitrogen and oxygen atoms in total. The number of carbonyl (C=O) groups is 1. The summed E-state index contributed by atoms with van der Waals surface area (Å²) in [5.41, 5.74) is 2.20. The third-order valence-electron chi connectivity index (χ3n) is 4.03. The summed E-state index contributed by atoms with van der Waals surface area (Å²) in [5.74, 6) is -0.226. The lowest BCUT2D eigenvalue weighted by Crippen LogP contribution is -2.26. The minimum Gasteiger partial charge on any atom is -0.337 e. The Bertz CT molecular complexity index is 1050. The highest BCUT2D eigenvalue weighted by molar-refractivity contribution is 7.89. The first-order valence-electron chi connectivity index (χ1n) is 8.40. The summed E-state index contributed by atoms with van der Waals surface area (Å²) in [4.78, 5) is 20.6. The van der Waals surface area contributed by atoms with Gasteiger partial charge in [-0.3, -0.25) is 9.63 Å². The fourth-order valence-corrected chi connectivity index (χ4v) is 3.47. The van der Waals surface area contributed by atoms with E-state index in [9.17, 15) is 13.2 Å². The molecule has 9 heteroatoms. The first kappa shape index (κ1) is 19.7. The summed E-state index contributed by atoms with van der Waals surface area (Å²) in [6.45, 7) is 0.372. The number of hydrogen-bond acceptors (Lipinski definition) is 5. The quantitative estimate of drug-likeness (QED) is 0.612. The van der Waals surface area contributed by atoms with Gasteiger partial charge >= 0.3 is 0 Å². The number of rotatable bonds is 7. The maximum Gasteiger partial charge on any atom is 0.262 e. The number of nitrogens with zero attached hydrogens (tertiary/aromatic N) is 3. The van der Waals surface area contributed by atoms with E-state index in [0.717, 1.165) is 11.3 Å². The Kier molecular flexibility index (Phi) is 5.88. The Morgan fingerprint density at radius 1 is 1.14 bits per heavy atom. The van der Waals surface area contributed by atoms with Crippen molar-refractivity contribution in [2.45, 2.75) is 11.4 Å². The highest BCUT2D eigenvalue weighted by Gasteiger charge is 2.17. The molecule has 3 aromatic rings. The molecule has 0 unspecified atom stereocenters. The Balaban J connectivity index is 1.69. The molecule has 0 aliphatic rings. The Morgan fingerprint density at radius 3 is 2.46 bits per heavy atom. The van der Waals surface area contributed by atoms with Gasteiger partial charge in [-0.1, -0.05) is 23.1 Å². The third-order valence-corrected chi connectivity index (χ3v) is 5.31. The average molecular weight is 400 g/mol. The van der Waals surface area contributed by atoms with Crippen LogP contribution in [0.15, 0.2) is 71.9 Å². The summed E-state index contributed by atoms with van der Waals surface area (Å²) in [7, 11) is -0.861. The molecule has 0 fully saturated rings. The van der Waals surface area contributed by atoms with Crippen molar-refractivity contribution in [1.29, 1.82) is 0 Å². The number of carbonyl (C=O) groups excluding carboxylic acids is 1. The van der Waals surface area contributed by atoms with Crippen LogP contribution in [0.25, 0.3) is 5.69 Å². The Hall–Kier alpha value is -3.01. The van der Waals surface area contributed by atoms with Gasteiger partial charge in [0.15, 0.2) is 0 Å². The Labute approximate surface area is 163 Å². The van der Waals surface area contributed by atoms with E-state index in [1.165, 1.54) is 31.4 Å². The SMILES string of the molecule is CONS(=O)(=O)c1ccc(C(=O)N(C)Cc2cnn(-c3ccccc3)c2)cc1. The molecule has 1 N–H and O–H groups in total. The highest BCUT2D eigenvalue weighted by Crippen LogP contribution is 2.14. The number of nitrogens with one attached hydrogen (secondary N) is 1. The van der Waals surface area contributed by atoms with Crippen molar-refractivity contribution in [1.82, 2.24) is 19.6 Å². The molecule has 0 aliphatic heterocycles. The molecule has 0 spiro atoms. The van der Waals surface area contributed by atoms with E-state index < -0.39 is 10.0 Å². The molecule has 0 atom stereocenters.